The SMILES string of the molecule is C[C@@H](O)[C@@H](CC1Cc2ccccc2C1)Cn1ccc(CC(=O)NS(=O)(=O)c2ccccc2)c1. The van der Waals surface area contributed by atoms with E-state index in [2.05, 4.69) is 29.0 Å². The number of amides is 1. The van der Waals surface area contributed by atoms with Gasteiger partial charge in [-0.2, -0.15) is 0 Å². The van der Waals surface area contributed by atoms with Crippen LogP contribution >= 0.6 is 0 Å². The van der Waals surface area contributed by atoms with Gasteiger partial charge in [0.05, 0.1) is 17.4 Å². The number of sulfonamides is 1. The van der Waals surface area contributed by atoms with E-state index in [4.69, 9.17) is 0 Å². The molecule has 2 N–H and O–H groups in total. The fraction of sp³-hybridized carbons (Fsp3) is 0.346. The molecule has 0 bridgehead atoms. The molecule has 0 fully saturated rings. The van der Waals surface area contributed by atoms with E-state index in [0.29, 0.717) is 12.5 Å². The molecule has 0 radical (unpaired) electrons. The Morgan fingerprint density at radius 3 is 2.33 bits per heavy atom. The number of nitrogens with zero attached hydrogens (tertiary/aromatic N) is 1. The Morgan fingerprint density at radius 2 is 1.70 bits per heavy atom. The number of carbonyl (C=O) groups excluding carboxylic acids is 1. The monoisotopic (exact) mass is 466 g/mol. The van der Waals surface area contributed by atoms with Crippen LogP contribution in [0.5, 0.6) is 0 Å². The van der Waals surface area contributed by atoms with Crippen molar-refractivity contribution in [2.45, 2.75) is 50.2 Å². The Kier molecular flexibility index (Phi) is 7.00. The smallest absolute Gasteiger partial charge is 0.264 e. The van der Waals surface area contributed by atoms with Gasteiger partial charge in [0.15, 0.2) is 0 Å². The van der Waals surface area contributed by atoms with E-state index in [1.165, 1.54) is 23.3 Å². The van der Waals surface area contributed by atoms with Gasteiger partial charge in [0.2, 0.25) is 5.91 Å². The lowest BCUT2D eigenvalue weighted by molar-refractivity contribution is -0.118. The standard InChI is InChI=1S/C26H30N2O4S/c1-19(29)24(15-21-13-22-7-5-6-8-23(22)14-21)18-28-12-11-20(17-28)16-26(30)27-33(31,32)25-9-3-2-4-10-25/h2-12,17,19,21,24,29H,13-16,18H2,1H3,(H,27,30)/t19-,24+/m1/s1. The number of aromatic nitrogens is 1. The summed E-state index contributed by atoms with van der Waals surface area (Å²) in [6, 6.07) is 18.2. The summed E-state index contributed by atoms with van der Waals surface area (Å²) >= 11 is 0. The first-order valence-corrected chi connectivity index (χ1v) is 12.8. The second kappa shape index (κ2) is 9.93. The van der Waals surface area contributed by atoms with Crippen molar-refractivity contribution in [1.29, 1.82) is 0 Å². The molecule has 3 aromatic rings. The number of carbonyl (C=O) groups is 1. The van der Waals surface area contributed by atoms with Crippen molar-refractivity contribution >= 4 is 15.9 Å². The van der Waals surface area contributed by atoms with E-state index < -0.39 is 22.0 Å². The van der Waals surface area contributed by atoms with Gasteiger partial charge in [0.25, 0.3) is 10.0 Å². The lowest BCUT2D eigenvalue weighted by Gasteiger charge is -2.24. The molecule has 1 aliphatic carbocycles. The quantitative estimate of drug-likeness (QED) is 0.506. The minimum Gasteiger partial charge on any atom is -0.393 e. The van der Waals surface area contributed by atoms with Crippen molar-refractivity contribution in [2.24, 2.45) is 11.8 Å². The number of fused-ring (bicyclic) bond motifs is 1. The van der Waals surface area contributed by atoms with E-state index in [9.17, 15) is 18.3 Å². The van der Waals surface area contributed by atoms with E-state index in [1.807, 2.05) is 30.0 Å². The average molecular weight is 467 g/mol. The second-order valence-electron chi connectivity index (χ2n) is 9.01. The van der Waals surface area contributed by atoms with Gasteiger partial charge in [-0.1, -0.05) is 42.5 Å². The van der Waals surface area contributed by atoms with Gasteiger partial charge in [-0.3, -0.25) is 4.79 Å². The summed E-state index contributed by atoms with van der Waals surface area (Å²) in [5.74, 6) is 0.0373. The van der Waals surface area contributed by atoms with Crippen molar-refractivity contribution in [3.05, 3.63) is 89.7 Å². The van der Waals surface area contributed by atoms with Crippen LogP contribution in [-0.4, -0.2) is 30.1 Å². The number of nitrogens with one attached hydrogen (secondary N) is 1. The van der Waals surface area contributed by atoms with Gasteiger partial charge in [0.1, 0.15) is 0 Å². The largest absolute Gasteiger partial charge is 0.393 e. The van der Waals surface area contributed by atoms with Gasteiger partial charge in [-0.25, -0.2) is 13.1 Å². The maximum atomic E-state index is 12.3. The molecule has 2 aromatic carbocycles. The molecule has 0 unspecified atom stereocenters. The zero-order valence-corrected chi connectivity index (χ0v) is 19.5. The molecule has 0 saturated heterocycles. The van der Waals surface area contributed by atoms with Gasteiger partial charge >= 0.3 is 0 Å². The highest BCUT2D eigenvalue weighted by Gasteiger charge is 2.26. The van der Waals surface area contributed by atoms with Crippen LogP contribution in [0, 0.1) is 11.8 Å². The van der Waals surface area contributed by atoms with E-state index in [-0.39, 0.29) is 17.2 Å². The lowest BCUT2D eigenvalue weighted by atomic mass is 9.89. The molecule has 0 aliphatic heterocycles. The Balaban J connectivity index is 1.34. The van der Waals surface area contributed by atoms with E-state index >= 15 is 0 Å². The third-order valence-electron chi connectivity index (χ3n) is 6.38. The molecule has 0 spiro atoms. The third kappa shape index (κ3) is 5.92. The van der Waals surface area contributed by atoms with Crippen LogP contribution in [0.4, 0.5) is 0 Å². The van der Waals surface area contributed by atoms with E-state index in [1.54, 1.807) is 18.2 Å². The highest BCUT2D eigenvalue weighted by molar-refractivity contribution is 7.90. The van der Waals surface area contributed by atoms with Gasteiger partial charge in [-0.15, -0.1) is 0 Å². The highest BCUT2D eigenvalue weighted by Crippen LogP contribution is 2.32. The number of hydrogen-bond donors (Lipinski definition) is 2. The van der Waals surface area contributed by atoms with Crippen LogP contribution in [0.3, 0.4) is 0 Å². The highest BCUT2D eigenvalue weighted by atomic mass is 32.2. The molecule has 1 aliphatic rings. The zero-order chi connectivity index (χ0) is 23.4. The van der Waals surface area contributed by atoms with Gasteiger partial charge in [-0.05, 0) is 67.0 Å². The van der Waals surface area contributed by atoms with Crippen LogP contribution in [0.15, 0.2) is 78.0 Å². The van der Waals surface area contributed by atoms with Crippen LogP contribution < -0.4 is 4.72 Å². The van der Waals surface area contributed by atoms with Crippen LogP contribution in [0.2, 0.25) is 0 Å². The van der Waals surface area contributed by atoms with Crippen molar-refractivity contribution < 1.29 is 18.3 Å². The predicted octanol–water partition coefficient (Wildman–Crippen LogP) is 3.34. The summed E-state index contributed by atoms with van der Waals surface area (Å²) in [6.07, 6.45) is 6.28. The Morgan fingerprint density at radius 1 is 1.06 bits per heavy atom. The first-order valence-electron chi connectivity index (χ1n) is 11.3. The molecule has 4 rings (SSSR count). The first kappa shape index (κ1) is 23.3. The number of benzene rings is 2. The Hall–Kier alpha value is -2.90. The molecule has 1 amide bonds. The average Bonchev–Trinajstić information content (AvgIpc) is 3.39. The van der Waals surface area contributed by atoms with Crippen molar-refractivity contribution in [1.82, 2.24) is 9.29 Å². The minimum atomic E-state index is -3.88. The number of aliphatic hydroxyl groups is 1. The lowest BCUT2D eigenvalue weighted by Crippen LogP contribution is -2.31. The fourth-order valence-corrected chi connectivity index (χ4v) is 5.68. The third-order valence-corrected chi connectivity index (χ3v) is 7.77. The maximum absolute atomic E-state index is 12.3. The summed E-state index contributed by atoms with van der Waals surface area (Å²) in [7, 11) is -3.88. The first-order chi connectivity index (χ1) is 15.8. The number of aliphatic hydroxyl groups excluding tert-OH is 1. The molecular weight excluding hydrogens is 436 g/mol. The molecule has 1 aromatic heterocycles. The summed E-state index contributed by atoms with van der Waals surface area (Å²) in [4.78, 5) is 12.4. The zero-order valence-electron chi connectivity index (χ0n) is 18.7. The molecule has 174 valence electrons. The van der Waals surface area contributed by atoms with Crippen molar-refractivity contribution in [3.63, 3.8) is 0 Å². The maximum Gasteiger partial charge on any atom is 0.264 e. The van der Waals surface area contributed by atoms with Gasteiger partial charge in [0, 0.05) is 24.9 Å². The topological polar surface area (TPSA) is 88.4 Å². The predicted molar refractivity (Wildman–Crippen MR) is 127 cm³/mol. The summed E-state index contributed by atoms with van der Waals surface area (Å²) < 4.78 is 28.8. The number of rotatable bonds is 9. The van der Waals surface area contributed by atoms with Crippen molar-refractivity contribution in [2.75, 3.05) is 0 Å². The number of hydrogen-bond acceptors (Lipinski definition) is 4. The summed E-state index contributed by atoms with van der Waals surface area (Å²) in [6.45, 7) is 2.48. The Bertz CT molecular complexity index is 1180. The summed E-state index contributed by atoms with van der Waals surface area (Å²) in [5, 5.41) is 10.4. The van der Waals surface area contributed by atoms with Crippen LogP contribution in [-0.2, 0) is 40.6 Å². The molecule has 6 nitrogen and oxygen atoms in total. The van der Waals surface area contributed by atoms with Gasteiger partial charge < -0.3 is 9.67 Å². The van der Waals surface area contributed by atoms with Crippen molar-refractivity contribution in [3.8, 4) is 0 Å². The van der Waals surface area contributed by atoms with Crippen LogP contribution in [0.25, 0.3) is 0 Å². The minimum absolute atomic E-state index is 0.0314. The second-order valence-corrected chi connectivity index (χ2v) is 10.7. The molecular formula is C26H30N2O4S. The molecule has 0 saturated carbocycles. The molecule has 33 heavy (non-hydrogen) atoms. The summed E-state index contributed by atoms with van der Waals surface area (Å²) in [5.41, 5.74) is 3.55. The molecule has 2 atom stereocenters. The molecule has 7 heteroatoms. The normalized spacial score (nSPS) is 15.7. The fourth-order valence-electron chi connectivity index (χ4n) is 4.68. The molecule has 1 heterocycles. The van der Waals surface area contributed by atoms with E-state index in [0.717, 1.165) is 24.8 Å². The van der Waals surface area contributed by atoms with Crippen LogP contribution in [0.1, 0.15) is 30.0 Å². The Labute approximate surface area is 195 Å².